The Balaban J connectivity index is 3.88. The second-order valence-electron chi connectivity index (χ2n) is 2.34. The molecule has 0 aromatic rings. The summed E-state index contributed by atoms with van der Waals surface area (Å²) in [6.45, 7) is 3.73. The van der Waals surface area contributed by atoms with Gasteiger partial charge in [-0.25, -0.2) is 4.79 Å². The molecule has 1 unspecified atom stereocenters. The van der Waals surface area contributed by atoms with E-state index < -0.39 is 3.23 Å². The first-order valence-corrected chi connectivity index (χ1v) is 4.75. The molecular weight excluding hydrogens is 278 g/mol. The zero-order chi connectivity index (χ0) is 9.07. The lowest BCUT2D eigenvalue weighted by atomic mass is 10.4. The average molecular weight is 289 g/mol. The monoisotopic (exact) mass is 287 g/mol. The van der Waals surface area contributed by atoms with Gasteiger partial charge in [-0.3, -0.25) is 0 Å². The molecule has 5 heteroatoms. The maximum Gasteiger partial charge on any atom is 0.333 e. The van der Waals surface area contributed by atoms with Crippen LogP contribution in [0.5, 0.6) is 0 Å². The van der Waals surface area contributed by atoms with Crippen LogP contribution in [0.2, 0.25) is 0 Å². The molecule has 2 N–H and O–H groups in total. The van der Waals surface area contributed by atoms with Gasteiger partial charge in [0.2, 0.25) is 0 Å². The lowest BCUT2D eigenvalue weighted by molar-refractivity contribution is -0.147. The largest absolute Gasteiger partial charge is 0.460 e. The number of alkyl halides is 2. The summed E-state index contributed by atoms with van der Waals surface area (Å²) < 4.78 is 4.10. The molecule has 0 bridgehead atoms. The van der Waals surface area contributed by atoms with Crippen LogP contribution >= 0.6 is 31.9 Å². The molecule has 0 saturated carbocycles. The van der Waals surface area contributed by atoms with Crippen LogP contribution in [0, 0.1) is 0 Å². The van der Waals surface area contributed by atoms with E-state index >= 15 is 0 Å². The van der Waals surface area contributed by atoms with Crippen LogP contribution in [0.15, 0.2) is 0 Å². The van der Waals surface area contributed by atoms with Crippen molar-refractivity contribution in [1.29, 1.82) is 0 Å². The number of hydrogen-bond acceptors (Lipinski definition) is 3. The smallest absolute Gasteiger partial charge is 0.333 e. The number of carbonyl (C=O) groups excluding carboxylic acids is 1. The molecule has 0 radical (unpaired) electrons. The van der Waals surface area contributed by atoms with Gasteiger partial charge >= 0.3 is 5.97 Å². The molecule has 0 aliphatic carbocycles. The zero-order valence-corrected chi connectivity index (χ0v) is 9.61. The predicted octanol–water partition coefficient (Wildman–Crippen LogP) is 1.38. The van der Waals surface area contributed by atoms with Crippen molar-refractivity contribution in [3.05, 3.63) is 0 Å². The minimum Gasteiger partial charge on any atom is -0.460 e. The fraction of sp³-hybridized carbons (Fsp3) is 0.833. The molecule has 0 heterocycles. The highest BCUT2D eigenvalue weighted by molar-refractivity contribution is 9.25. The normalized spacial score (nSPS) is 14.3. The van der Waals surface area contributed by atoms with Crippen LogP contribution < -0.4 is 5.73 Å². The molecule has 66 valence electrons. The summed E-state index contributed by atoms with van der Waals surface area (Å²) >= 11 is 6.21. The molecule has 0 saturated heterocycles. The Labute approximate surface area is 82.9 Å². The van der Waals surface area contributed by atoms with Crippen LogP contribution in [0.4, 0.5) is 0 Å². The fourth-order valence-electron chi connectivity index (χ4n) is 0.334. The lowest BCUT2D eigenvalue weighted by Crippen LogP contribution is -2.31. The SMILES string of the molecule is CC(CN)OC(=O)C(C)(Br)Br. The molecule has 3 nitrogen and oxygen atoms in total. The summed E-state index contributed by atoms with van der Waals surface area (Å²) in [7, 11) is 0. The minimum atomic E-state index is -0.802. The zero-order valence-electron chi connectivity index (χ0n) is 6.43. The van der Waals surface area contributed by atoms with Crippen LogP contribution in [-0.2, 0) is 9.53 Å². The molecule has 0 aliphatic rings. The third-order valence-electron chi connectivity index (χ3n) is 0.999. The van der Waals surface area contributed by atoms with Gasteiger partial charge in [-0.2, -0.15) is 0 Å². The number of nitrogens with two attached hydrogens (primary N) is 1. The van der Waals surface area contributed by atoms with Crippen molar-refractivity contribution in [2.75, 3.05) is 6.54 Å². The molecule has 0 amide bonds. The number of hydrogen-bond donors (Lipinski definition) is 1. The van der Waals surface area contributed by atoms with Crippen molar-refractivity contribution in [1.82, 2.24) is 0 Å². The van der Waals surface area contributed by atoms with E-state index in [0.29, 0.717) is 6.54 Å². The third-order valence-corrected chi connectivity index (χ3v) is 1.65. The molecular formula is C6H11Br2NO2. The van der Waals surface area contributed by atoms with Gasteiger partial charge in [-0.1, -0.05) is 31.9 Å². The number of ether oxygens (including phenoxy) is 1. The molecule has 1 atom stereocenters. The predicted molar refractivity (Wildman–Crippen MR) is 50.9 cm³/mol. The van der Waals surface area contributed by atoms with Crippen LogP contribution in [-0.4, -0.2) is 21.9 Å². The van der Waals surface area contributed by atoms with E-state index in [1.807, 2.05) is 0 Å². The summed E-state index contributed by atoms with van der Waals surface area (Å²) in [5.41, 5.74) is 5.26. The first-order chi connectivity index (χ1) is 4.88. The molecule has 11 heavy (non-hydrogen) atoms. The molecule has 0 rings (SSSR count). The Kier molecular flexibility index (Phi) is 4.58. The van der Waals surface area contributed by atoms with E-state index in [2.05, 4.69) is 31.9 Å². The highest BCUT2D eigenvalue weighted by Crippen LogP contribution is 2.26. The van der Waals surface area contributed by atoms with Crippen LogP contribution in [0.25, 0.3) is 0 Å². The Morgan fingerprint density at radius 1 is 1.73 bits per heavy atom. The first kappa shape index (κ1) is 11.4. The summed E-state index contributed by atoms with van der Waals surface area (Å²) in [6.07, 6.45) is -0.239. The second kappa shape index (κ2) is 4.42. The lowest BCUT2D eigenvalue weighted by Gasteiger charge is -2.16. The van der Waals surface area contributed by atoms with Gasteiger partial charge < -0.3 is 10.5 Å². The van der Waals surface area contributed by atoms with Crippen molar-refractivity contribution in [3.8, 4) is 0 Å². The van der Waals surface area contributed by atoms with Crippen molar-refractivity contribution in [2.24, 2.45) is 5.73 Å². The van der Waals surface area contributed by atoms with E-state index in [4.69, 9.17) is 10.5 Å². The van der Waals surface area contributed by atoms with Gasteiger partial charge in [-0.05, 0) is 13.8 Å². The molecule has 0 aromatic carbocycles. The van der Waals surface area contributed by atoms with E-state index in [0.717, 1.165) is 0 Å². The van der Waals surface area contributed by atoms with E-state index in [-0.39, 0.29) is 12.1 Å². The van der Waals surface area contributed by atoms with Gasteiger partial charge in [0.05, 0.1) is 0 Å². The van der Waals surface area contributed by atoms with Crippen LogP contribution in [0.3, 0.4) is 0 Å². The van der Waals surface area contributed by atoms with Crippen molar-refractivity contribution >= 4 is 37.8 Å². The average Bonchev–Trinajstić information content (AvgIpc) is 1.85. The number of esters is 1. The third kappa shape index (κ3) is 4.76. The summed E-state index contributed by atoms with van der Waals surface area (Å²) in [5, 5.41) is 0. The maximum atomic E-state index is 11.1. The Hall–Kier alpha value is 0.390. The number of carbonyl (C=O) groups is 1. The first-order valence-electron chi connectivity index (χ1n) is 3.17. The van der Waals surface area contributed by atoms with E-state index in [1.165, 1.54) is 0 Å². The van der Waals surface area contributed by atoms with Gasteiger partial charge in [0.15, 0.2) is 3.23 Å². The topological polar surface area (TPSA) is 52.3 Å². The highest BCUT2D eigenvalue weighted by atomic mass is 79.9. The fourth-order valence-corrected chi connectivity index (χ4v) is 0.521. The van der Waals surface area contributed by atoms with Gasteiger partial charge in [0.1, 0.15) is 6.10 Å². The Morgan fingerprint density at radius 2 is 2.18 bits per heavy atom. The van der Waals surface area contributed by atoms with Crippen molar-refractivity contribution in [3.63, 3.8) is 0 Å². The molecule has 0 fully saturated rings. The summed E-state index contributed by atoms with van der Waals surface area (Å²) in [5.74, 6) is -0.365. The van der Waals surface area contributed by atoms with Gasteiger partial charge in [0, 0.05) is 6.54 Å². The molecule has 0 aromatic heterocycles. The van der Waals surface area contributed by atoms with Crippen molar-refractivity contribution < 1.29 is 9.53 Å². The molecule has 0 spiro atoms. The highest BCUT2D eigenvalue weighted by Gasteiger charge is 2.28. The standard InChI is InChI=1S/C6H11Br2NO2/c1-4(3-9)11-5(10)6(2,7)8/h4H,3,9H2,1-2H3. The second-order valence-corrected chi connectivity index (χ2v) is 6.58. The van der Waals surface area contributed by atoms with E-state index in [9.17, 15) is 4.79 Å². The molecule has 0 aliphatic heterocycles. The maximum absolute atomic E-state index is 11.1. The van der Waals surface area contributed by atoms with Gasteiger partial charge in [-0.15, -0.1) is 0 Å². The van der Waals surface area contributed by atoms with Crippen LogP contribution in [0.1, 0.15) is 13.8 Å². The summed E-state index contributed by atoms with van der Waals surface area (Å²) in [4.78, 5) is 11.1. The quantitative estimate of drug-likeness (QED) is 0.631. The number of halogens is 2. The summed E-state index contributed by atoms with van der Waals surface area (Å²) in [6, 6.07) is 0. The Morgan fingerprint density at radius 3 is 2.45 bits per heavy atom. The van der Waals surface area contributed by atoms with Crippen molar-refractivity contribution in [2.45, 2.75) is 23.2 Å². The van der Waals surface area contributed by atoms with E-state index in [1.54, 1.807) is 13.8 Å². The van der Waals surface area contributed by atoms with Gasteiger partial charge in [0.25, 0.3) is 0 Å². The Bertz CT molecular complexity index is 144. The number of rotatable bonds is 3. The minimum absolute atomic E-state index is 0.239.